The van der Waals surface area contributed by atoms with Crippen molar-refractivity contribution in [3.8, 4) is 0 Å². The molecule has 0 aromatic carbocycles. The first-order chi connectivity index (χ1) is 9.38. The zero-order valence-corrected chi connectivity index (χ0v) is 13.1. The van der Waals surface area contributed by atoms with Gasteiger partial charge in [0.15, 0.2) is 0 Å². The molecule has 0 aliphatic rings. The van der Waals surface area contributed by atoms with Crippen LogP contribution >= 0.6 is 11.6 Å². The molecule has 1 heterocycles. The number of nitro groups is 1. The minimum absolute atomic E-state index is 0.0456. The molecule has 0 bridgehead atoms. The van der Waals surface area contributed by atoms with Crippen molar-refractivity contribution in [1.29, 1.82) is 0 Å². The summed E-state index contributed by atoms with van der Waals surface area (Å²) in [6, 6.07) is 0.107. The summed E-state index contributed by atoms with van der Waals surface area (Å²) in [6.07, 6.45) is 3.14. The van der Waals surface area contributed by atoms with Crippen molar-refractivity contribution >= 4 is 23.1 Å². The van der Waals surface area contributed by atoms with Crippen LogP contribution in [-0.2, 0) is 0 Å². The van der Waals surface area contributed by atoms with Crippen LogP contribution in [0.5, 0.6) is 0 Å². The van der Waals surface area contributed by atoms with Crippen LogP contribution in [0.4, 0.5) is 11.5 Å². The molecule has 0 aliphatic carbocycles. The zero-order chi connectivity index (χ0) is 15.3. The molecule has 112 valence electrons. The minimum atomic E-state index is -0.434. The third-order valence-corrected chi connectivity index (χ3v) is 3.26. The van der Waals surface area contributed by atoms with E-state index in [-0.39, 0.29) is 17.0 Å². The number of halogens is 1. The molecule has 7 heteroatoms. The van der Waals surface area contributed by atoms with E-state index in [0.29, 0.717) is 11.5 Å². The minimum Gasteiger partial charge on any atom is -0.348 e. The Morgan fingerprint density at radius 2 is 2.00 bits per heavy atom. The molecule has 1 rings (SSSR count). The SMILES string of the molecule is CCCCCN(c1nc(Cl)nc(C)c1[N+](=O)[O-])C(C)C. The van der Waals surface area contributed by atoms with E-state index >= 15 is 0 Å². The van der Waals surface area contributed by atoms with Crippen LogP contribution in [0.3, 0.4) is 0 Å². The molecule has 0 atom stereocenters. The molecule has 0 fully saturated rings. The maximum atomic E-state index is 11.3. The lowest BCUT2D eigenvalue weighted by Gasteiger charge is -2.27. The maximum absolute atomic E-state index is 11.3. The summed E-state index contributed by atoms with van der Waals surface area (Å²) >= 11 is 5.87. The summed E-state index contributed by atoms with van der Waals surface area (Å²) in [5, 5.41) is 11.3. The quantitative estimate of drug-likeness (QED) is 0.332. The second kappa shape index (κ2) is 7.38. The average Bonchev–Trinajstić information content (AvgIpc) is 2.32. The van der Waals surface area contributed by atoms with Gasteiger partial charge in [0.05, 0.1) is 4.92 Å². The lowest BCUT2D eigenvalue weighted by molar-refractivity contribution is -0.385. The second-order valence-corrected chi connectivity index (χ2v) is 5.34. The molecule has 0 saturated carbocycles. The smallest absolute Gasteiger partial charge is 0.332 e. The highest BCUT2D eigenvalue weighted by atomic mass is 35.5. The molecule has 20 heavy (non-hydrogen) atoms. The van der Waals surface area contributed by atoms with Crippen LogP contribution in [0.1, 0.15) is 45.7 Å². The van der Waals surface area contributed by atoms with Gasteiger partial charge in [-0.05, 0) is 38.8 Å². The molecular formula is C13H21ClN4O2. The number of aromatic nitrogens is 2. The van der Waals surface area contributed by atoms with Crippen LogP contribution in [0.2, 0.25) is 5.28 Å². The predicted octanol–water partition coefficient (Wildman–Crippen LogP) is 3.75. The van der Waals surface area contributed by atoms with Crippen molar-refractivity contribution in [3.63, 3.8) is 0 Å². The van der Waals surface area contributed by atoms with Crippen molar-refractivity contribution in [2.75, 3.05) is 11.4 Å². The Hall–Kier alpha value is -1.43. The lowest BCUT2D eigenvalue weighted by atomic mass is 10.2. The Bertz CT molecular complexity index is 480. The van der Waals surface area contributed by atoms with E-state index in [1.807, 2.05) is 18.7 Å². The summed E-state index contributed by atoms with van der Waals surface area (Å²) in [5.41, 5.74) is 0.241. The van der Waals surface area contributed by atoms with Gasteiger partial charge < -0.3 is 4.90 Å². The Kier molecular flexibility index (Phi) is 6.13. The standard InChI is InChI=1S/C13H21ClN4O2/c1-5-6-7-8-17(9(2)3)12-11(18(19)20)10(4)15-13(14)16-12/h9H,5-8H2,1-4H3. The fourth-order valence-electron chi connectivity index (χ4n) is 2.07. The number of rotatable bonds is 7. The summed E-state index contributed by atoms with van der Waals surface area (Å²) in [5.74, 6) is 0.318. The molecule has 1 aromatic heterocycles. The third-order valence-electron chi connectivity index (χ3n) is 3.09. The largest absolute Gasteiger partial charge is 0.348 e. The molecule has 1 aromatic rings. The first kappa shape index (κ1) is 16.6. The molecule has 0 amide bonds. The van der Waals surface area contributed by atoms with Gasteiger partial charge in [0.2, 0.25) is 11.1 Å². The van der Waals surface area contributed by atoms with Gasteiger partial charge in [-0.1, -0.05) is 19.8 Å². The molecule has 0 saturated heterocycles. The highest BCUT2D eigenvalue weighted by molar-refractivity contribution is 6.28. The molecule has 6 nitrogen and oxygen atoms in total. The number of aryl methyl sites for hydroxylation is 1. The van der Waals surface area contributed by atoms with Crippen molar-refractivity contribution in [2.45, 2.75) is 53.0 Å². The molecule has 0 spiro atoms. The summed E-state index contributed by atoms with van der Waals surface area (Å²) in [7, 11) is 0. The number of hydrogen-bond donors (Lipinski definition) is 0. The zero-order valence-electron chi connectivity index (χ0n) is 12.4. The van der Waals surface area contributed by atoms with Crippen LogP contribution < -0.4 is 4.90 Å². The average molecular weight is 301 g/mol. The highest BCUT2D eigenvalue weighted by Crippen LogP contribution is 2.31. The van der Waals surface area contributed by atoms with E-state index in [1.165, 1.54) is 0 Å². The van der Waals surface area contributed by atoms with Gasteiger partial charge in [-0.25, -0.2) is 4.98 Å². The maximum Gasteiger partial charge on any atom is 0.332 e. The van der Waals surface area contributed by atoms with Gasteiger partial charge in [-0.15, -0.1) is 0 Å². The first-order valence-corrected chi connectivity index (χ1v) is 7.21. The number of nitrogens with zero attached hydrogens (tertiary/aromatic N) is 4. The Balaban J connectivity index is 3.21. The van der Waals surface area contributed by atoms with E-state index in [0.717, 1.165) is 25.8 Å². The van der Waals surface area contributed by atoms with E-state index in [2.05, 4.69) is 16.9 Å². The lowest BCUT2D eigenvalue weighted by Crippen LogP contribution is -2.33. The third kappa shape index (κ3) is 4.03. The summed E-state index contributed by atoms with van der Waals surface area (Å²) < 4.78 is 0. The van der Waals surface area contributed by atoms with Gasteiger partial charge in [-0.2, -0.15) is 4.98 Å². The van der Waals surface area contributed by atoms with E-state index in [1.54, 1.807) is 6.92 Å². The van der Waals surface area contributed by atoms with Crippen molar-refractivity contribution in [1.82, 2.24) is 9.97 Å². The van der Waals surface area contributed by atoms with Crippen LogP contribution in [0.25, 0.3) is 0 Å². The van der Waals surface area contributed by atoms with Gasteiger partial charge in [-0.3, -0.25) is 10.1 Å². The number of hydrogen-bond acceptors (Lipinski definition) is 5. The summed E-state index contributed by atoms with van der Waals surface area (Å²) in [4.78, 5) is 20.7. The molecule has 0 aliphatic heterocycles. The molecule has 0 unspecified atom stereocenters. The van der Waals surface area contributed by atoms with E-state index in [4.69, 9.17) is 11.6 Å². The molecule has 0 radical (unpaired) electrons. The van der Waals surface area contributed by atoms with Crippen molar-refractivity contribution < 1.29 is 4.92 Å². The topological polar surface area (TPSA) is 72.2 Å². The van der Waals surface area contributed by atoms with E-state index in [9.17, 15) is 10.1 Å². The van der Waals surface area contributed by atoms with Gasteiger partial charge >= 0.3 is 5.69 Å². The van der Waals surface area contributed by atoms with E-state index < -0.39 is 4.92 Å². The van der Waals surface area contributed by atoms with Crippen molar-refractivity contribution in [2.24, 2.45) is 0 Å². The second-order valence-electron chi connectivity index (χ2n) is 5.00. The first-order valence-electron chi connectivity index (χ1n) is 6.83. The molecular weight excluding hydrogens is 280 g/mol. The molecule has 0 N–H and O–H groups in total. The van der Waals surface area contributed by atoms with Crippen LogP contribution in [-0.4, -0.2) is 27.5 Å². The fraction of sp³-hybridized carbons (Fsp3) is 0.692. The van der Waals surface area contributed by atoms with Crippen LogP contribution in [0, 0.1) is 17.0 Å². The Morgan fingerprint density at radius 3 is 2.50 bits per heavy atom. The number of unbranched alkanes of at least 4 members (excludes halogenated alkanes) is 2. The van der Waals surface area contributed by atoms with Gasteiger partial charge in [0, 0.05) is 12.6 Å². The number of anilines is 1. The van der Waals surface area contributed by atoms with Crippen molar-refractivity contribution in [3.05, 3.63) is 21.1 Å². The van der Waals surface area contributed by atoms with Crippen LogP contribution in [0.15, 0.2) is 0 Å². The normalized spacial score (nSPS) is 10.9. The summed E-state index contributed by atoms with van der Waals surface area (Å²) in [6.45, 7) is 8.40. The monoisotopic (exact) mass is 300 g/mol. The fourth-order valence-corrected chi connectivity index (χ4v) is 2.28. The van der Waals surface area contributed by atoms with Gasteiger partial charge in [0.1, 0.15) is 5.69 Å². The van der Waals surface area contributed by atoms with Gasteiger partial charge in [0.25, 0.3) is 0 Å². The Labute approximate surface area is 124 Å². The highest BCUT2D eigenvalue weighted by Gasteiger charge is 2.27. The Morgan fingerprint density at radius 1 is 1.35 bits per heavy atom. The predicted molar refractivity (Wildman–Crippen MR) is 80.4 cm³/mol.